The van der Waals surface area contributed by atoms with Crippen LogP contribution in [0, 0.1) is 10.1 Å². The van der Waals surface area contributed by atoms with Crippen molar-refractivity contribution in [1.29, 1.82) is 0 Å². The number of hydrazone groups is 1. The Morgan fingerprint density at radius 1 is 1.06 bits per heavy atom. The molecule has 1 heterocycles. The highest BCUT2D eigenvalue weighted by Gasteiger charge is 2.09. The van der Waals surface area contributed by atoms with E-state index in [1.54, 1.807) is 18.3 Å². The number of rotatable bonds is 9. The Balaban J connectivity index is 1.44. The van der Waals surface area contributed by atoms with Crippen molar-refractivity contribution in [2.75, 3.05) is 6.61 Å². The second kappa shape index (κ2) is 10.4. The molecule has 4 aromatic rings. The number of carbonyl (C=O) groups is 1. The topological polar surface area (TPSA) is 98.8 Å². The van der Waals surface area contributed by atoms with Gasteiger partial charge in [-0.15, -0.1) is 0 Å². The zero-order chi connectivity index (χ0) is 23.9. The largest absolute Gasteiger partial charge is 0.494 e. The monoisotopic (exact) mass is 456 g/mol. The van der Waals surface area contributed by atoms with E-state index in [2.05, 4.69) is 15.1 Å². The maximum absolute atomic E-state index is 12.3. The quantitative estimate of drug-likeness (QED) is 0.224. The van der Waals surface area contributed by atoms with Gasteiger partial charge in [0.05, 0.1) is 24.2 Å². The first-order valence-electron chi connectivity index (χ1n) is 10.9. The normalized spacial score (nSPS) is 11.1. The number of nitrogens with one attached hydrogen (secondary N) is 1. The fraction of sp³-hybridized carbons (Fsp3) is 0.154. The first-order chi connectivity index (χ1) is 16.5. The van der Waals surface area contributed by atoms with Crippen molar-refractivity contribution in [2.45, 2.75) is 19.9 Å². The van der Waals surface area contributed by atoms with E-state index < -0.39 is 4.92 Å². The Kier molecular flexibility index (Phi) is 6.98. The van der Waals surface area contributed by atoms with Gasteiger partial charge >= 0.3 is 0 Å². The van der Waals surface area contributed by atoms with Crippen LogP contribution in [-0.2, 0) is 17.8 Å². The van der Waals surface area contributed by atoms with Gasteiger partial charge in [0, 0.05) is 41.3 Å². The molecular formula is C26H24N4O4. The second-order valence-electron chi connectivity index (χ2n) is 7.70. The van der Waals surface area contributed by atoms with E-state index >= 15 is 0 Å². The van der Waals surface area contributed by atoms with Gasteiger partial charge in [0.15, 0.2) is 0 Å². The summed E-state index contributed by atoms with van der Waals surface area (Å²) in [6, 6.07) is 21.8. The highest BCUT2D eigenvalue weighted by Crippen LogP contribution is 2.22. The number of nitrogens with zero attached hydrogens (tertiary/aromatic N) is 3. The number of aromatic nitrogens is 1. The average molecular weight is 457 g/mol. The summed E-state index contributed by atoms with van der Waals surface area (Å²) in [6.07, 6.45) is 3.80. The summed E-state index contributed by atoms with van der Waals surface area (Å²) in [6.45, 7) is 3.07. The minimum atomic E-state index is -0.409. The van der Waals surface area contributed by atoms with Gasteiger partial charge in [0.2, 0.25) is 5.91 Å². The van der Waals surface area contributed by atoms with Crippen molar-refractivity contribution in [3.8, 4) is 5.75 Å². The van der Waals surface area contributed by atoms with Crippen LogP contribution in [-0.4, -0.2) is 28.2 Å². The van der Waals surface area contributed by atoms with Crippen LogP contribution in [0.3, 0.4) is 0 Å². The molecule has 34 heavy (non-hydrogen) atoms. The fourth-order valence-electron chi connectivity index (χ4n) is 3.70. The predicted molar refractivity (Wildman–Crippen MR) is 131 cm³/mol. The lowest BCUT2D eigenvalue weighted by Crippen LogP contribution is -2.19. The molecule has 0 atom stereocenters. The molecular weight excluding hydrogens is 432 g/mol. The highest BCUT2D eigenvalue weighted by atomic mass is 16.6. The summed E-state index contributed by atoms with van der Waals surface area (Å²) in [5.41, 5.74) is 6.33. The number of amides is 1. The van der Waals surface area contributed by atoms with Crippen LogP contribution in [0.15, 0.2) is 84.1 Å². The van der Waals surface area contributed by atoms with Crippen LogP contribution in [0.1, 0.15) is 23.6 Å². The number of non-ortho nitro benzene ring substituents is 1. The van der Waals surface area contributed by atoms with Gasteiger partial charge in [0.1, 0.15) is 5.75 Å². The molecule has 1 amide bonds. The maximum atomic E-state index is 12.3. The number of fused-ring (bicyclic) bond motifs is 1. The van der Waals surface area contributed by atoms with Crippen molar-refractivity contribution >= 4 is 28.7 Å². The van der Waals surface area contributed by atoms with Gasteiger partial charge in [-0.25, -0.2) is 5.43 Å². The smallest absolute Gasteiger partial charge is 0.269 e. The third kappa shape index (κ3) is 5.47. The summed E-state index contributed by atoms with van der Waals surface area (Å²) in [5.74, 6) is 0.560. The van der Waals surface area contributed by atoms with E-state index in [9.17, 15) is 14.9 Å². The molecule has 4 rings (SSSR count). The van der Waals surface area contributed by atoms with E-state index in [0.29, 0.717) is 13.2 Å². The van der Waals surface area contributed by atoms with Crippen molar-refractivity contribution in [3.63, 3.8) is 0 Å². The third-order valence-electron chi connectivity index (χ3n) is 5.31. The zero-order valence-corrected chi connectivity index (χ0v) is 18.7. The zero-order valence-electron chi connectivity index (χ0n) is 18.7. The van der Waals surface area contributed by atoms with Crippen molar-refractivity contribution < 1.29 is 14.5 Å². The Morgan fingerprint density at radius 2 is 1.76 bits per heavy atom. The first kappa shape index (κ1) is 22.7. The SMILES string of the molecule is CCOc1ccc(CC(=O)N/N=C\c2cn(Cc3ccc([N+](=O)[O-])cc3)c3ccccc23)cc1. The maximum Gasteiger partial charge on any atom is 0.269 e. The standard InChI is InChI=1S/C26H24N4O4/c1-2-34-23-13-9-19(10-14-23)15-26(31)28-27-16-21-18-29(25-6-4-3-5-24(21)25)17-20-7-11-22(12-8-20)30(32)33/h3-14,16,18H,2,15,17H2,1H3,(H,28,31)/b27-16-. The minimum absolute atomic E-state index is 0.0647. The summed E-state index contributed by atoms with van der Waals surface area (Å²) in [4.78, 5) is 22.8. The number of nitro groups is 1. The first-order valence-corrected chi connectivity index (χ1v) is 10.9. The Bertz CT molecular complexity index is 1330. The average Bonchev–Trinajstić information content (AvgIpc) is 3.18. The van der Waals surface area contributed by atoms with Crippen LogP contribution < -0.4 is 10.2 Å². The van der Waals surface area contributed by atoms with Crippen LogP contribution in [0.4, 0.5) is 5.69 Å². The van der Waals surface area contributed by atoms with E-state index in [0.717, 1.165) is 33.3 Å². The predicted octanol–water partition coefficient (Wildman–Crippen LogP) is 4.69. The molecule has 0 aliphatic heterocycles. The molecule has 0 bridgehead atoms. The van der Waals surface area contributed by atoms with Crippen LogP contribution in [0.2, 0.25) is 0 Å². The van der Waals surface area contributed by atoms with Crippen molar-refractivity contribution in [3.05, 3.63) is 106 Å². The number of ether oxygens (including phenoxy) is 1. The molecule has 0 radical (unpaired) electrons. The van der Waals surface area contributed by atoms with Crippen molar-refractivity contribution in [2.24, 2.45) is 5.10 Å². The molecule has 1 aromatic heterocycles. The number of nitro benzene ring substituents is 1. The van der Waals surface area contributed by atoms with Gasteiger partial charge in [-0.2, -0.15) is 5.10 Å². The number of hydrogen-bond donors (Lipinski definition) is 1. The molecule has 172 valence electrons. The summed E-state index contributed by atoms with van der Waals surface area (Å²) >= 11 is 0. The number of hydrogen-bond acceptors (Lipinski definition) is 5. The van der Waals surface area contributed by atoms with E-state index in [4.69, 9.17) is 4.74 Å². The van der Waals surface area contributed by atoms with E-state index in [-0.39, 0.29) is 18.0 Å². The molecule has 8 heteroatoms. The van der Waals surface area contributed by atoms with Gasteiger partial charge in [-0.05, 0) is 36.2 Å². The number of carbonyl (C=O) groups excluding carboxylic acids is 1. The molecule has 0 spiro atoms. The summed E-state index contributed by atoms with van der Waals surface area (Å²) in [5, 5.41) is 16.0. The second-order valence-corrected chi connectivity index (χ2v) is 7.70. The van der Waals surface area contributed by atoms with Crippen molar-refractivity contribution in [1.82, 2.24) is 9.99 Å². The summed E-state index contributed by atoms with van der Waals surface area (Å²) < 4.78 is 7.47. The molecule has 8 nitrogen and oxygen atoms in total. The molecule has 0 aliphatic rings. The lowest BCUT2D eigenvalue weighted by atomic mass is 10.1. The molecule has 3 aromatic carbocycles. The highest BCUT2D eigenvalue weighted by molar-refractivity contribution is 5.99. The molecule has 0 saturated carbocycles. The Labute approximate surface area is 196 Å². The molecule has 0 fully saturated rings. The minimum Gasteiger partial charge on any atom is -0.494 e. The molecule has 1 N–H and O–H groups in total. The van der Waals surface area contributed by atoms with Gasteiger partial charge in [0.25, 0.3) is 5.69 Å². The van der Waals surface area contributed by atoms with Crippen LogP contribution in [0.5, 0.6) is 5.75 Å². The van der Waals surface area contributed by atoms with E-state index in [1.165, 1.54) is 12.1 Å². The number of para-hydroxylation sites is 1. The Morgan fingerprint density at radius 3 is 2.47 bits per heavy atom. The lowest BCUT2D eigenvalue weighted by molar-refractivity contribution is -0.384. The van der Waals surface area contributed by atoms with Gasteiger partial charge in [-0.3, -0.25) is 14.9 Å². The molecule has 0 unspecified atom stereocenters. The molecule has 0 aliphatic carbocycles. The summed E-state index contributed by atoms with van der Waals surface area (Å²) in [7, 11) is 0. The van der Waals surface area contributed by atoms with Crippen LogP contribution >= 0.6 is 0 Å². The number of benzene rings is 3. The Hall–Kier alpha value is -4.46. The fourth-order valence-corrected chi connectivity index (χ4v) is 3.70. The van der Waals surface area contributed by atoms with Gasteiger partial charge in [-0.1, -0.05) is 42.5 Å². The third-order valence-corrected chi connectivity index (χ3v) is 5.31. The molecule has 0 saturated heterocycles. The van der Waals surface area contributed by atoms with Crippen LogP contribution in [0.25, 0.3) is 10.9 Å². The van der Waals surface area contributed by atoms with Gasteiger partial charge < -0.3 is 9.30 Å². The van der Waals surface area contributed by atoms with E-state index in [1.807, 2.05) is 61.7 Å². The lowest BCUT2D eigenvalue weighted by Gasteiger charge is -2.05.